The summed E-state index contributed by atoms with van der Waals surface area (Å²) < 4.78 is 5.23. The van der Waals surface area contributed by atoms with Crippen LogP contribution in [0.1, 0.15) is 42.5 Å². The van der Waals surface area contributed by atoms with Gasteiger partial charge in [-0.25, -0.2) is 0 Å². The molecule has 0 saturated heterocycles. The molecule has 2 aromatic carbocycles. The van der Waals surface area contributed by atoms with Crippen molar-refractivity contribution in [3.63, 3.8) is 0 Å². The molecular weight excluding hydrogens is 360 g/mol. The first-order chi connectivity index (χ1) is 14.2. The van der Waals surface area contributed by atoms with Gasteiger partial charge in [0.15, 0.2) is 0 Å². The summed E-state index contributed by atoms with van der Waals surface area (Å²) in [6.45, 7) is 0.867. The van der Waals surface area contributed by atoms with Crippen molar-refractivity contribution < 1.29 is 9.53 Å². The van der Waals surface area contributed by atoms with Gasteiger partial charge in [-0.05, 0) is 78.6 Å². The van der Waals surface area contributed by atoms with Crippen molar-refractivity contribution in [2.45, 2.75) is 44.2 Å². The molecule has 1 saturated carbocycles. The van der Waals surface area contributed by atoms with Crippen molar-refractivity contribution >= 4 is 12.1 Å². The molecule has 0 N–H and O–H groups in total. The maximum Gasteiger partial charge on any atom is 0.254 e. The van der Waals surface area contributed by atoms with E-state index in [1.807, 2.05) is 54.7 Å². The molecule has 4 heteroatoms. The molecule has 2 aromatic rings. The first-order valence-corrected chi connectivity index (χ1v) is 10.5. The van der Waals surface area contributed by atoms with Crippen LogP contribution in [-0.4, -0.2) is 42.8 Å². The molecule has 29 heavy (non-hydrogen) atoms. The molecule has 1 aliphatic heterocycles. The Labute approximate surface area is 171 Å². The molecule has 3 aliphatic rings. The fourth-order valence-electron chi connectivity index (χ4n) is 4.55. The van der Waals surface area contributed by atoms with Gasteiger partial charge in [0.25, 0.3) is 5.91 Å². The topological polar surface area (TPSA) is 41.9 Å². The van der Waals surface area contributed by atoms with Crippen molar-refractivity contribution in [2.75, 3.05) is 13.7 Å². The number of ether oxygens (including phenoxy) is 1. The standard InChI is InChI=1S/C25H26N2O2/c1-29-24-12-7-18(8-13-24)17-2-4-19(5-3-17)25(28)27(22-10-11-22)23-9-6-20-15-26-16-21(20)14-23/h2-5,7-8,12-13,16,22-23H,6,9-11,14-15H2,1H3. The third-order valence-electron chi connectivity index (χ3n) is 6.34. The number of methoxy groups -OCH3 is 1. The second-order valence-corrected chi connectivity index (χ2v) is 8.24. The summed E-state index contributed by atoms with van der Waals surface area (Å²) in [6.07, 6.45) is 7.39. The van der Waals surface area contributed by atoms with Gasteiger partial charge in [0.2, 0.25) is 0 Å². The highest BCUT2D eigenvalue weighted by atomic mass is 16.5. The van der Waals surface area contributed by atoms with Crippen molar-refractivity contribution in [1.29, 1.82) is 0 Å². The van der Waals surface area contributed by atoms with Gasteiger partial charge >= 0.3 is 0 Å². The van der Waals surface area contributed by atoms with Crippen LogP contribution in [0.3, 0.4) is 0 Å². The lowest BCUT2D eigenvalue weighted by molar-refractivity contribution is 0.0645. The summed E-state index contributed by atoms with van der Waals surface area (Å²) in [5, 5.41) is 0. The Balaban J connectivity index is 1.35. The van der Waals surface area contributed by atoms with Gasteiger partial charge in [-0.1, -0.05) is 24.3 Å². The number of amides is 1. The van der Waals surface area contributed by atoms with Gasteiger partial charge in [-0.3, -0.25) is 9.79 Å². The minimum Gasteiger partial charge on any atom is -0.497 e. The zero-order valence-corrected chi connectivity index (χ0v) is 16.8. The number of carbonyl (C=O) groups is 1. The molecule has 1 unspecified atom stereocenters. The average Bonchev–Trinajstić information content (AvgIpc) is 3.49. The number of hydrogen-bond acceptors (Lipinski definition) is 3. The van der Waals surface area contributed by atoms with Crippen molar-refractivity contribution in [2.24, 2.45) is 4.99 Å². The summed E-state index contributed by atoms with van der Waals surface area (Å²) in [4.78, 5) is 20.0. The molecule has 0 bridgehead atoms. The molecule has 4 nitrogen and oxygen atoms in total. The van der Waals surface area contributed by atoms with E-state index >= 15 is 0 Å². The quantitative estimate of drug-likeness (QED) is 0.733. The number of benzene rings is 2. The number of aliphatic imine (C=N–C) groups is 1. The lowest BCUT2D eigenvalue weighted by Crippen LogP contribution is -2.43. The molecule has 1 amide bonds. The lowest BCUT2D eigenvalue weighted by Gasteiger charge is -2.35. The normalized spacial score (nSPS) is 20.5. The van der Waals surface area contributed by atoms with Crippen LogP contribution in [0.2, 0.25) is 0 Å². The van der Waals surface area contributed by atoms with E-state index in [4.69, 9.17) is 4.74 Å². The second kappa shape index (κ2) is 7.51. The highest BCUT2D eigenvalue weighted by molar-refractivity contribution is 5.95. The molecule has 1 atom stereocenters. The zero-order valence-electron chi connectivity index (χ0n) is 16.8. The monoisotopic (exact) mass is 386 g/mol. The Hall–Kier alpha value is -2.88. The average molecular weight is 386 g/mol. The van der Waals surface area contributed by atoms with Crippen LogP contribution in [0.15, 0.2) is 64.7 Å². The summed E-state index contributed by atoms with van der Waals surface area (Å²) in [6, 6.07) is 16.8. The largest absolute Gasteiger partial charge is 0.497 e. The second-order valence-electron chi connectivity index (χ2n) is 8.24. The SMILES string of the molecule is COc1ccc(-c2ccc(C(=O)N(C3CC3)C3CCC4=C(C=NC4)C3)cc2)cc1. The first kappa shape index (κ1) is 18.2. The van der Waals surface area contributed by atoms with E-state index in [0.717, 1.165) is 61.1 Å². The van der Waals surface area contributed by atoms with Gasteiger partial charge in [-0.15, -0.1) is 0 Å². The highest BCUT2D eigenvalue weighted by Crippen LogP contribution is 2.37. The smallest absolute Gasteiger partial charge is 0.254 e. The molecule has 1 heterocycles. The first-order valence-electron chi connectivity index (χ1n) is 10.5. The molecule has 0 spiro atoms. The fourth-order valence-corrected chi connectivity index (χ4v) is 4.55. The van der Waals surface area contributed by atoms with Gasteiger partial charge < -0.3 is 9.64 Å². The van der Waals surface area contributed by atoms with E-state index in [1.54, 1.807) is 7.11 Å². The lowest BCUT2D eigenvalue weighted by atomic mass is 9.88. The molecule has 2 aliphatic carbocycles. The van der Waals surface area contributed by atoms with Gasteiger partial charge in [0, 0.05) is 23.9 Å². The van der Waals surface area contributed by atoms with Gasteiger partial charge in [0.1, 0.15) is 5.75 Å². The van der Waals surface area contributed by atoms with E-state index in [0.29, 0.717) is 12.1 Å². The summed E-state index contributed by atoms with van der Waals surface area (Å²) in [7, 11) is 1.67. The fraction of sp³-hybridized carbons (Fsp3) is 0.360. The molecule has 0 aromatic heterocycles. The predicted octanol–water partition coefficient (Wildman–Crippen LogP) is 4.90. The summed E-state index contributed by atoms with van der Waals surface area (Å²) in [5.74, 6) is 1.02. The van der Waals surface area contributed by atoms with Crippen LogP contribution in [0, 0.1) is 0 Å². The Kier molecular flexibility index (Phi) is 4.70. The van der Waals surface area contributed by atoms with Crippen LogP contribution in [0.4, 0.5) is 0 Å². The van der Waals surface area contributed by atoms with Gasteiger partial charge in [0.05, 0.1) is 13.7 Å². The van der Waals surface area contributed by atoms with E-state index in [1.165, 1.54) is 11.1 Å². The Bertz CT molecular complexity index is 969. The van der Waals surface area contributed by atoms with Crippen LogP contribution >= 0.6 is 0 Å². The molecule has 5 rings (SSSR count). The number of nitrogens with zero attached hydrogens (tertiary/aromatic N) is 2. The molecule has 148 valence electrons. The molecular formula is C25H26N2O2. The minimum absolute atomic E-state index is 0.178. The van der Waals surface area contributed by atoms with Crippen molar-refractivity contribution in [3.8, 4) is 16.9 Å². The molecule has 0 radical (unpaired) electrons. The van der Waals surface area contributed by atoms with Crippen LogP contribution in [-0.2, 0) is 0 Å². The maximum atomic E-state index is 13.4. The van der Waals surface area contributed by atoms with Crippen LogP contribution < -0.4 is 4.74 Å². The van der Waals surface area contributed by atoms with Crippen LogP contribution in [0.5, 0.6) is 5.75 Å². The van der Waals surface area contributed by atoms with E-state index < -0.39 is 0 Å². The Morgan fingerprint density at radius 1 is 0.966 bits per heavy atom. The maximum absolute atomic E-state index is 13.4. The van der Waals surface area contributed by atoms with E-state index in [-0.39, 0.29) is 5.91 Å². The summed E-state index contributed by atoms with van der Waals surface area (Å²) in [5.41, 5.74) is 5.87. The Morgan fingerprint density at radius 3 is 2.31 bits per heavy atom. The van der Waals surface area contributed by atoms with Gasteiger partial charge in [-0.2, -0.15) is 0 Å². The minimum atomic E-state index is 0.178. The zero-order chi connectivity index (χ0) is 19.8. The van der Waals surface area contributed by atoms with Crippen molar-refractivity contribution in [3.05, 3.63) is 65.2 Å². The number of hydrogen-bond donors (Lipinski definition) is 0. The van der Waals surface area contributed by atoms with E-state index in [2.05, 4.69) is 9.89 Å². The van der Waals surface area contributed by atoms with Crippen molar-refractivity contribution in [1.82, 2.24) is 4.90 Å². The number of carbonyl (C=O) groups excluding carboxylic acids is 1. The van der Waals surface area contributed by atoms with E-state index in [9.17, 15) is 4.79 Å². The van der Waals surface area contributed by atoms with Crippen LogP contribution in [0.25, 0.3) is 11.1 Å². The predicted molar refractivity (Wildman–Crippen MR) is 116 cm³/mol. The summed E-state index contributed by atoms with van der Waals surface area (Å²) >= 11 is 0. The third-order valence-corrected chi connectivity index (χ3v) is 6.34. The highest BCUT2D eigenvalue weighted by Gasteiger charge is 2.39. The number of rotatable bonds is 5. The Morgan fingerprint density at radius 2 is 1.66 bits per heavy atom. The third kappa shape index (κ3) is 3.59. The molecule has 1 fully saturated rings.